The van der Waals surface area contributed by atoms with Gasteiger partial charge >= 0.3 is 0 Å². The third kappa shape index (κ3) is 17.1. The van der Waals surface area contributed by atoms with E-state index in [1.807, 2.05) is 101 Å². The lowest BCUT2D eigenvalue weighted by molar-refractivity contribution is -0.197. The Labute approximate surface area is 421 Å². The Morgan fingerprint density at radius 1 is 0.912 bits per heavy atom. The van der Waals surface area contributed by atoms with Gasteiger partial charge in [-0.1, -0.05) is 111 Å². The Kier molecular flexibility index (Phi) is 21.0. The topological polar surface area (TPSA) is 97.5 Å². The first-order valence-corrected chi connectivity index (χ1v) is 25.7. The Hall–Kier alpha value is -3.51. The van der Waals surface area contributed by atoms with Crippen LogP contribution in [0.2, 0.25) is 10.0 Å². The van der Waals surface area contributed by atoms with Gasteiger partial charge in [-0.15, -0.1) is 0 Å². The smallest absolute Gasteiger partial charge is 0.168 e. The van der Waals surface area contributed by atoms with Crippen LogP contribution in [0.15, 0.2) is 72.2 Å². The maximum absolute atomic E-state index is 11.1. The van der Waals surface area contributed by atoms with Crippen molar-refractivity contribution in [3.05, 3.63) is 99.6 Å². The molecule has 2 fully saturated rings. The van der Waals surface area contributed by atoms with Crippen molar-refractivity contribution >= 4 is 35.2 Å². The molecular formula is C56H86Cl2N6O4. The number of rotatable bonds is 15. The van der Waals surface area contributed by atoms with Gasteiger partial charge in [0.15, 0.2) is 5.79 Å². The Bertz CT molecular complexity index is 2150. The molecule has 2 heterocycles. The summed E-state index contributed by atoms with van der Waals surface area (Å²) in [6, 6.07) is 17.7. The zero-order valence-electron chi connectivity index (χ0n) is 44.4. The first-order chi connectivity index (χ1) is 31.8. The molecule has 1 spiro atoms. The van der Waals surface area contributed by atoms with E-state index in [2.05, 4.69) is 88.4 Å². The van der Waals surface area contributed by atoms with E-state index in [4.69, 9.17) is 37.4 Å². The first kappa shape index (κ1) is 57.1. The number of benzene rings is 3. The average molecular weight is 978 g/mol. The van der Waals surface area contributed by atoms with E-state index in [9.17, 15) is 5.11 Å². The molecule has 1 saturated heterocycles. The zero-order valence-corrected chi connectivity index (χ0v) is 45.9. The SMILES string of the molecule is CC(C)(C)C(O)(CCc1ccc(Cl)cc1)Cn1cncn1.CCCN(CC)CC1COC2(CCC(C(C)(C)C)CC2)O1.CCN(C)C=Nc1cc(C)c(Oc2ccc(Cl)c(C(C)(C)C)c2)cc1C. The molecule has 1 saturated carbocycles. The molecule has 2 aliphatic rings. The molecule has 0 radical (unpaired) electrons. The highest BCUT2D eigenvalue weighted by Crippen LogP contribution is 2.46. The molecule has 1 aromatic heterocycles. The van der Waals surface area contributed by atoms with Crippen LogP contribution in [0.25, 0.3) is 0 Å². The van der Waals surface area contributed by atoms with Crippen molar-refractivity contribution in [1.82, 2.24) is 24.6 Å². The third-order valence-electron chi connectivity index (χ3n) is 13.7. The van der Waals surface area contributed by atoms with Crippen molar-refractivity contribution in [2.75, 3.05) is 39.8 Å². The summed E-state index contributed by atoms with van der Waals surface area (Å²) in [4.78, 5) is 13.0. The maximum atomic E-state index is 11.1. The second-order valence-electron chi connectivity index (χ2n) is 22.2. The number of aliphatic hydroxyl groups is 1. The van der Waals surface area contributed by atoms with Gasteiger partial charge in [0.25, 0.3) is 0 Å². The van der Waals surface area contributed by atoms with Crippen LogP contribution in [0.4, 0.5) is 5.69 Å². The molecule has 4 aromatic rings. The number of aryl methyl sites for hydroxylation is 3. The number of aliphatic imine (C=N–C) groups is 1. The number of likely N-dealkylation sites (N-methyl/N-ethyl adjacent to an activating group) is 1. The van der Waals surface area contributed by atoms with Crippen LogP contribution in [0, 0.1) is 30.6 Å². The first-order valence-electron chi connectivity index (χ1n) is 25.0. The van der Waals surface area contributed by atoms with Gasteiger partial charge in [0.05, 0.1) is 36.9 Å². The average Bonchev–Trinajstić information content (AvgIpc) is 3.93. The van der Waals surface area contributed by atoms with Crippen molar-refractivity contribution in [3.8, 4) is 11.5 Å². The van der Waals surface area contributed by atoms with Crippen LogP contribution in [-0.2, 0) is 27.9 Å². The van der Waals surface area contributed by atoms with Gasteiger partial charge in [0, 0.05) is 43.0 Å². The van der Waals surface area contributed by atoms with Crippen LogP contribution >= 0.6 is 23.2 Å². The quantitative estimate of drug-likeness (QED) is 0.0929. The van der Waals surface area contributed by atoms with E-state index in [1.165, 1.54) is 31.2 Å². The summed E-state index contributed by atoms with van der Waals surface area (Å²) < 4.78 is 20.3. The molecule has 10 nitrogen and oxygen atoms in total. The van der Waals surface area contributed by atoms with Crippen LogP contribution < -0.4 is 4.74 Å². The highest BCUT2D eigenvalue weighted by molar-refractivity contribution is 6.31. The zero-order chi connectivity index (χ0) is 50.5. The Morgan fingerprint density at radius 2 is 1.59 bits per heavy atom. The molecule has 2 atom stereocenters. The predicted molar refractivity (Wildman–Crippen MR) is 284 cm³/mol. The van der Waals surface area contributed by atoms with E-state index in [-0.39, 0.29) is 22.7 Å². The normalized spacial score (nSPS) is 19.6. The molecular weight excluding hydrogens is 892 g/mol. The van der Waals surface area contributed by atoms with E-state index in [1.54, 1.807) is 11.0 Å². The second-order valence-corrected chi connectivity index (χ2v) is 23.1. The minimum absolute atomic E-state index is 0.0364. The van der Waals surface area contributed by atoms with E-state index >= 15 is 0 Å². The van der Waals surface area contributed by atoms with E-state index < -0.39 is 5.60 Å². The third-order valence-corrected chi connectivity index (χ3v) is 14.3. The van der Waals surface area contributed by atoms with Gasteiger partial charge in [-0.25, -0.2) is 9.98 Å². The van der Waals surface area contributed by atoms with Crippen LogP contribution in [0.5, 0.6) is 11.5 Å². The summed E-state index contributed by atoms with van der Waals surface area (Å²) in [5.41, 5.74) is 4.60. The summed E-state index contributed by atoms with van der Waals surface area (Å²) >= 11 is 12.3. The summed E-state index contributed by atoms with van der Waals surface area (Å²) in [6.07, 6.45) is 12.5. The molecule has 12 heteroatoms. The highest BCUT2D eigenvalue weighted by Gasteiger charge is 2.46. The van der Waals surface area contributed by atoms with Crippen molar-refractivity contribution in [2.45, 2.75) is 171 Å². The van der Waals surface area contributed by atoms with Crippen molar-refractivity contribution in [3.63, 3.8) is 0 Å². The van der Waals surface area contributed by atoms with Gasteiger partial charge in [0.2, 0.25) is 0 Å². The van der Waals surface area contributed by atoms with Gasteiger partial charge in [0.1, 0.15) is 24.2 Å². The summed E-state index contributed by atoms with van der Waals surface area (Å²) in [5, 5.41) is 16.7. The second kappa shape index (κ2) is 25.0. The van der Waals surface area contributed by atoms with Gasteiger partial charge in [-0.2, -0.15) is 5.10 Å². The largest absolute Gasteiger partial charge is 0.457 e. The monoisotopic (exact) mass is 977 g/mol. The van der Waals surface area contributed by atoms with Crippen LogP contribution in [0.1, 0.15) is 144 Å². The number of ether oxygens (including phenoxy) is 3. The minimum atomic E-state index is -0.861. The lowest BCUT2D eigenvalue weighted by atomic mass is 9.71. The number of halogens is 2. The number of aromatic nitrogens is 3. The van der Waals surface area contributed by atoms with Crippen molar-refractivity contribution in [2.24, 2.45) is 21.7 Å². The fourth-order valence-corrected chi connectivity index (χ4v) is 9.21. The highest BCUT2D eigenvalue weighted by atomic mass is 35.5. The molecule has 378 valence electrons. The molecule has 0 bridgehead atoms. The summed E-state index contributed by atoms with van der Waals surface area (Å²) in [5.74, 6) is 2.19. The number of hydrogen-bond donors (Lipinski definition) is 1. The molecule has 3 aromatic carbocycles. The molecule has 68 heavy (non-hydrogen) atoms. The predicted octanol–water partition coefficient (Wildman–Crippen LogP) is 14.1. The van der Waals surface area contributed by atoms with Crippen molar-refractivity contribution < 1.29 is 19.3 Å². The van der Waals surface area contributed by atoms with E-state index in [0.717, 1.165) is 102 Å². The molecule has 2 unspecified atom stereocenters. The lowest BCUT2D eigenvalue weighted by Crippen LogP contribution is -2.47. The number of hydrogen-bond acceptors (Lipinski definition) is 8. The van der Waals surface area contributed by atoms with Gasteiger partial charge in [-0.05, 0) is 153 Å². The van der Waals surface area contributed by atoms with Crippen molar-refractivity contribution in [1.29, 1.82) is 0 Å². The molecule has 6 rings (SSSR count). The van der Waals surface area contributed by atoms with E-state index in [0.29, 0.717) is 18.4 Å². The minimum Gasteiger partial charge on any atom is -0.457 e. The molecule has 1 N–H and O–H groups in total. The Morgan fingerprint density at radius 3 is 2.15 bits per heavy atom. The number of nitrogens with zero attached hydrogens (tertiary/aromatic N) is 6. The van der Waals surface area contributed by atoms with Crippen LogP contribution in [0.3, 0.4) is 0 Å². The molecule has 1 aliphatic heterocycles. The fraction of sp³-hybridized carbons (Fsp3) is 0.625. The Balaban J connectivity index is 0.000000224. The summed E-state index contributed by atoms with van der Waals surface area (Å²) in [7, 11) is 2.01. The van der Waals surface area contributed by atoms with Crippen LogP contribution in [-0.4, -0.2) is 93.3 Å². The summed E-state index contributed by atoms with van der Waals surface area (Å²) in [6.45, 7) is 35.7. The fourth-order valence-electron chi connectivity index (χ4n) is 8.69. The van der Waals surface area contributed by atoms with Gasteiger partial charge < -0.3 is 29.1 Å². The molecule has 1 aliphatic carbocycles. The maximum Gasteiger partial charge on any atom is 0.168 e. The van der Waals surface area contributed by atoms with Gasteiger partial charge in [-0.3, -0.25) is 4.68 Å². The standard InChI is InChI=1S/C22H29ClN2O.C18H35NO2.C16H22ClN3O/c1-8-25(7)14-24-20-11-16(3)21(12-15(20)2)26-17-9-10-19(23)18(13-17)22(4,5)6;1-6-12-19(7-2)13-16-14-20-18(21-16)10-8-15(9-11-18)17(3,4)5;1-15(2,3)16(21,10-20-12-18-11-19-20)9-8-13-4-6-14(17)7-5-13/h9-14H,8H2,1-7H3;15-16H,6-14H2,1-5H3;4-7,11-12,21H,8-10H2,1-3H3. The lowest BCUT2D eigenvalue weighted by Gasteiger charge is -2.41. The molecule has 0 amide bonds.